The number of carbonyl (C=O) groups excluding carboxylic acids is 1. The Morgan fingerprint density at radius 1 is 1.23 bits per heavy atom. The van der Waals surface area contributed by atoms with Crippen molar-refractivity contribution in [3.05, 3.63) is 35.4 Å². The first kappa shape index (κ1) is 18.5. The molecule has 3 rings (SSSR count). The summed E-state index contributed by atoms with van der Waals surface area (Å²) >= 11 is 0. The Balaban J connectivity index is 1.60. The van der Waals surface area contributed by atoms with E-state index in [0.717, 1.165) is 37.2 Å². The number of rotatable bonds is 5. The summed E-state index contributed by atoms with van der Waals surface area (Å²) in [6, 6.07) is 9.71. The van der Waals surface area contributed by atoms with Crippen molar-refractivity contribution in [1.29, 1.82) is 5.26 Å². The number of piperidine rings is 2. The minimum Gasteiger partial charge on any atom is -0.497 e. The molecule has 2 aliphatic rings. The van der Waals surface area contributed by atoms with Gasteiger partial charge in [-0.25, -0.2) is 4.79 Å². The Hall–Kier alpha value is -2.32. The first-order valence-electron chi connectivity index (χ1n) is 9.38. The van der Waals surface area contributed by atoms with Gasteiger partial charge in [-0.05, 0) is 62.5 Å². The number of fused-ring (bicyclic) bond motifs is 1. The van der Waals surface area contributed by atoms with E-state index in [1.165, 1.54) is 19.3 Å². The van der Waals surface area contributed by atoms with Gasteiger partial charge in [-0.3, -0.25) is 4.90 Å². The average molecular weight is 354 g/mol. The number of hydrogen-bond acceptors (Lipinski definition) is 5. The van der Waals surface area contributed by atoms with Gasteiger partial charge in [0.2, 0.25) is 0 Å². The van der Waals surface area contributed by atoms with Gasteiger partial charge in [0, 0.05) is 12.0 Å². The first-order chi connectivity index (χ1) is 12.7. The third-order valence-electron chi connectivity index (χ3n) is 5.42. The molecule has 0 amide bonds. The van der Waals surface area contributed by atoms with Crippen molar-refractivity contribution in [2.75, 3.05) is 26.8 Å². The lowest BCUT2D eigenvalue weighted by Crippen LogP contribution is -2.49. The molecule has 0 N–H and O–H groups in total. The number of esters is 1. The van der Waals surface area contributed by atoms with Crippen LogP contribution in [0.3, 0.4) is 0 Å². The molecule has 138 valence electrons. The van der Waals surface area contributed by atoms with Crippen LogP contribution in [0.25, 0.3) is 6.08 Å². The number of hydrogen-bond donors (Lipinski definition) is 0. The SMILES string of the molecule is COc1ccc(/C=C(\C#N)C(=O)OC[C@@H]2CCCN3CCCC[C@H]23)cc1. The molecule has 2 saturated heterocycles. The molecule has 0 unspecified atom stereocenters. The fourth-order valence-electron chi connectivity index (χ4n) is 4.04. The lowest BCUT2D eigenvalue weighted by atomic mass is 9.84. The van der Waals surface area contributed by atoms with Crippen LogP contribution in [0, 0.1) is 17.2 Å². The maximum atomic E-state index is 12.4. The number of ether oxygens (including phenoxy) is 2. The van der Waals surface area contributed by atoms with Gasteiger partial charge in [0.15, 0.2) is 0 Å². The molecule has 0 radical (unpaired) electrons. The summed E-state index contributed by atoms with van der Waals surface area (Å²) in [4.78, 5) is 14.9. The molecule has 2 aliphatic heterocycles. The van der Waals surface area contributed by atoms with Crippen LogP contribution in [0.5, 0.6) is 5.75 Å². The Morgan fingerprint density at radius 2 is 2.00 bits per heavy atom. The third kappa shape index (κ3) is 4.44. The molecule has 1 aromatic rings. The van der Waals surface area contributed by atoms with Gasteiger partial charge in [-0.2, -0.15) is 5.26 Å². The molecule has 0 aromatic heterocycles. The van der Waals surface area contributed by atoms with Crippen LogP contribution in [0.15, 0.2) is 29.8 Å². The van der Waals surface area contributed by atoms with Crippen LogP contribution < -0.4 is 4.74 Å². The lowest BCUT2D eigenvalue weighted by Gasteiger charge is -2.44. The summed E-state index contributed by atoms with van der Waals surface area (Å²) in [7, 11) is 1.60. The normalized spacial score (nSPS) is 23.6. The quantitative estimate of drug-likeness (QED) is 0.461. The van der Waals surface area contributed by atoms with E-state index in [-0.39, 0.29) is 5.57 Å². The van der Waals surface area contributed by atoms with Crippen molar-refractivity contribution >= 4 is 12.0 Å². The zero-order valence-electron chi connectivity index (χ0n) is 15.3. The first-order valence-corrected chi connectivity index (χ1v) is 9.38. The van der Waals surface area contributed by atoms with Gasteiger partial charge in [-0.1, -0.05) is 18.6 Å². The van der Waals surface area contributed by atoms with Crippen LogP contribution in [0.2, 0.25) is 0 Å². The van der Waals surface area contributed by atoms with E-state index in [0.29, 0.717) is 18.6 Å². The second kappa shape index (κ2) is 8.86. The van der Waals surface area contributed by atoms with E-state index in [9.17, 15) is 10.1 Å². The van der Waals surface area contributed by atoms with Crippen molar-refractivity contribution in [3.63, 3.8) is 0 Å². The van der Waals surface area contributed by atoms with Gasteiger partial charge >= 0.3 is 5.97 Å². The molecule has 26 heavy (non-hydrogen) atoms. The van der Waals surface area contributed by atoms with Crippen LogP contribution in [0.4, 0.5) is 0 Å². The number of nitriles is 1. The van der Waals surface area contributed by atoms with Gasteiger partial charge in [0.1, 0.15) is 17.4 Å². The highest BCUT2D eigenvalue weighted by Crippen LogP contribution is 2.31. The molecule has 0 saturated carbocycles. The Labute approximate surface area is 155 Å². The lowest BCUT2D eigenvalue weighted by molar-refractivity contribution is -0.141. The molecule has 0 spiro atoms. The molecular weight excluding hydrogens is 328 g/mol. The largest absolute Gasteiger partial charge is 0.497 e. The highest BCUT2D eigenvalue weighted by atomic mass is 16.5. The van der Waals surface area contributed by atoms with Gasteiger partial charge in [0.25, 0.3) is 0 Å². The van der Waals surface area contributed by atoms with Crippen LogP contribution in [0.1, 0.15) is 37.7 Å². The van der Waals surface area contributed by atoms with Gasteiger partial charge in [0.05, 0.1) is 13.7 Å². The highest BCUT2D eigenvalue weighted by Gasteiger charge is 2.33. The third-order valence-corrected chi connectivity index (χ3v) is 5.42. The van der Waals surface area contributed by atoms with E-state index in [1.54, 1.807) is 25.3 Å². The molecule has 2 fully saturated rings. The molecule has 1 aromatic carbocycles. The van der Waals surface area contributed by atoms with Crippen molar-refractivity contribution < 1.29 is 14.3 Å². The minimum absolute atomic E-state index is 0.0338. The number of benzene rings is 1. The minimum atomic E-state index is -0.531. The van der Waals surface area contributed by atoms with E-state index in [2.05, 4.69) is 4.90 Å². The zero-order valence-corrected chi connectivity index (χ0v) is 15.3. The monoisotopic (exact) mass is 354 g/mol. The van der Waals surface area contributed by atoms with Crippen LogP contribution in [-0.2, 0) is 9.53 Å². The summed E-state index contributed by atoms with van der Waals surface area (Å²) in [5.74, 6) is 0.586. The zero-order chi connectivity index (χ0) is 18.4. The van der Waals surface area contributed by atoms with E-state index >= 15 is 0 Å². The molecule has 2 atom stereocenters. The van der Waals surface area contributed by atoms with Crippen LogP contribution >= 0.6 is 0 Å². The van der Waals surface area contributed by atoms with Gasteiger partial charge < -0.3 is 9.47 Å². The summed E-state index contributed by atoms with van der Waals surface area (Å²) in [6.45, 7) is 2.73. The number of carbonyl (C=O) groups is 1. The second-order valence-corrected chi connectivity index (χ2v) is 7.04. The smallest absolute Gasteiger partial charge is 0.348 e. The molecular formula is C21H26N2O3. The summed E-state index contributed by atoms with van der Waals surface area (Å²) in [5.41, 5.74) is 0.807. The number of nitrogens with zero attached hydrogens (tertiary/aromatic N) is 2. The number of methoxy groups -OCH3 is 1. The Bertz CT molecular complexity index is 688. The molecule has 0 aliphatic carbocycles. The Kier molecular flexibility index (Phi) is 6.30. The molecule has 5 nitrogen and oxygen atoms in total. The fraction of sp³-hybridized carbons (Fsp3) is 0.524. The predicted molar refractivity (Wildman–Crippen MR) is 99.5 cm³/mol. The predicted octanol–water partition coefficient (Wildman–Crippen LogP) is 3.41. The fourth-order valence-corrected chi connectivity index (χ4v) is 4.04. The summed E-state index contributed by atoms with van der Waals surface area (Å²) in [6.07, 6.45) is 7.53. The van der Waals surface area contributed by atoms with E-state index in [4.69, 9.17) is 9.47 Å². The van der Waals surface area contributed by atoms with Crippen LogP contribution in [-0.4, -0.2) is 43.7 Å². The second-order valence-electron chi connectivity index (χ2n) is 7.04. The van der Waals surface area contributed by atoms with Gasteiger partial charge in [-0.15, -0.1) is 0 Å². The topological polar surface area (TPSA) is 62.6 Å². The Morgan fingerprint density at radius 3 is 2.73 bits per heavy atom. The highest BCUT2D eigenvalue weighted by molar-refractivity contribution is 5.97. The summed E-state index contributed by atoms with van der Waals surface area (Å²) in [5, 5.41) is 9.33. The van der Waals surface area contributed by atoms with Crippen molar-refractivity contribution in [1.82, 2.24) is 4.90 Å². The molecule has 2 heterocycles. The average Bonchev–Trinajstić information content (AvgIpc) is 2.70. The van der Waals surface area contributed by atoms with Crippen molar-refractivity contribution in [2.24, 2.45) is 5.92 Å². The molecule has 5 heteroatoms. The maximum absolute atomic E-state index is 12.4. The van der Waals surface area contributed by atoms with E-state index in [1.807, 2.05) is 18.2 Å². The maximum Gasteiger partial charge on any atom is 0.348 e. The van der Waals surface area contributed by atoms with E-state index < -0.39 is 5.97 Å². The molecule has 0 bridgehead atoms. The van der Waals surface area contributed by atoms with Crippen molar-refractivity contribution in [3.8, 4) is 11.8 Å². The standard InChI is InChI=1S/C21H26N2O3/c1-25-19-9-7-16(8-10-19)13-18(14-22)21(24)26-15-17-5-4-12-23-11-3-2-6-20(17)23/h7-10,13,17,20H,2-6,11-12,15H2,1H3/b18-13+/t17-,20+/m0/s1. The summed E-state index contributed by atoms with van der Waals surface area (Å²) < 4.78 is 10.6. The van der Waals surface area contributed by atoms with Crippen molar-refractivity contribution in [2.45, 2.75) is 38.1 Å².